The predicted octanol–water partition coefficient (Wildman–Crippen LogP) is 3.81. The monoisotopic (exact) mass is 205 g/mol. The maximum atomic E-state index is 4.60. The van der Waals surface area contributed by atoms with Crippen molar-refractivity contribution in [2.75, 3.05) is 5.75 Å². The molecule has 0 spiro atoms. The lowest BCUT2D eigenvalue weighted by atomic mass is 10.2. The number of benzene rings is 1. The van der Waals surface area contributed by atoms with Crippen molar-refractivity contribution < 1.29 is 0 Å². The number of thioether (sulfide) groups is 1. The molecule has 0 saturated heterocycles. The molecule has 1 heterocycles. The van der Waals surface area contributed by atoms with Crippen LogP contribution in [-0.4, -0.2) is 10.8 Å². The summed E-state index contributed by atoms with van der Waals surface area (Å²) in [6.45, 7) is 2.23. The van der Waals surface area contributed by atoms with Gasteiger partial charge in [-0.15, -0.1) is 11.8 Å². The van der Waals surface area contributed by atoms with Crippen LogP contribution >= 0.6 is 11.8 Å². The van der Waals surface area contributed by atoms with Gasteiger partial charge in [0, 0.05) is 6.42 Å². The van der Waals surface area contributed by atoms with Crippen molar-refractivity contribution in [1.29, 1.82) is 0 Å². The first-order valence-corrected chi connectivity index (χ1v) is 6.17. The molecule has 0 N–H and O–H groups in total. The van der Waals surface area contributed by atoms with E-state index in [-0.39, 0.29) is 0 Å². The zero-order chi connectivity index (χ0) is 9.80. The Morgan fingerprint density at radius 1 is 1.36 bits per heavy atom. The van der Waals surface area contributed by atoms with Crippen molar-refractivity contribution >= 4 is 22.5 Å². The molecular weight excluding hydrogens is 190 g/mol. The number of hydrogen-bond donors (Lipinski definition) is 0. The molecule has 1 aliphatic rings. The Labute approximate surface area is 89.6 Å². The minimum Gasteiger partial charge on any atom is -0.246 e. The first-order valence-electron chi connectivity index (χ1n) is 5.18. The Morgan fingerprint density at radius 3 is 3.00 bits per heavy atom. The van der Waals surface area contributed by atoms with Crippen LogP contribution in [0.4, 0.5) is 5.69 Å². The minimum absolute atomic E-state index is 1.05. The fraction of sp³-hybridized carbons (Fsp3) is 0.417. The van der Waals surface area contributed by atoms with E-state index in [4.69, 9.17) is 0 Å². The lowest BCUT2D eigenvalue weighted by molar-refractivity contribution is 0.898. The van der Waals surface area contributed by atoms with Crippen LogP contribution in [0.5, 0.6) is 0 Å². The van der Waals surface area contributed by atoms with Gasteiger partial charge in [0.1, 0.15) is 0 Å². The summed E-state index contributed by atoms with van der Waals surface area (Å²) in [6.07, 6.45) is 3.61. The maximum absolute atomic E-state index is 4.60. The molecule has 0 atom stereocenters. The van der Waals surface area contributed by atoms with Crippen LogP contribution in [0.2, 0.25) is 0 Å². The van der Waals surface area contributed by atoms with Gasteiger partial charge in [-0.05, 0) is 23.8 Å². The summed E-state index contributed by atoms with van der Waals surface area (Å²) in [5, 5.41) is 1.29. The summed E-state index contributed by atoms with van der Waals surface area (Å²) in [5.74, 6) is 1.21. The quantitative estimate of drug-likeness (QED) is 0.684. The smallest absolute Gasteiger partial charge is 0.0783 e. The van der Waals surface area contributed by atoms with Crippen molar-refractivity contribution in [3.05, 3.63) is 29.8 Å². The maximum Gasteiger partial charge on any atom is 0.0783 e. The van der Waals surface area contributed by atoms with E-state index >= 15 is 0 Å². The second kappa shape index (κ2) is 4.65. The Balaban J connectivity index is 1.95. The normalized spacial score (nSPS) is 13.9. The fourth-order valence-corrected chi connectivity index (χ4v) is 2.61. The Morgan fingerprint density at radius 2 is 2.21 bits per heavy atom. The number of nitrogens with zero attached hydrogens (tertiary/aromatic N) is 1. The Kier molecular flexibility index (Phi) is 3.25. The van der Waals surface area contributed by atoms with Gasteiger partial charge in [-0.25, -0.2) is 4.99 Å². The SMILES string of the molecule is CCCCSC1=Nc2ccccc2C1. The number of rotatable bonds is 3. The summed E-state index contributed by atoms with van der Waals surface area (Å²) in [5.41, 5.74) is 2.55. The molecule has 0 aromatic heterocycles. The first-order chi connectivity index (χ1) is 6.90. The molecular formula is C12H15NS. The molecule has 0 aliphatic carbocycles. The number of hydrogen-bond acceptors (Lipinski definition) is 2. The third-order valence-electron chi connectivity index (χ3n) is 2.35. The molecule has 74 valence electrons. The van der Waals surface area contributed by atoms with E-state index in [0.717, 1.165) is 6.42 Å². The largest absolute Gasteiger partial charge is 0.246 e. The molecule has 2 heteroatoms. The average Bonchev–Trinajstić information content (AvgIpc) is 2.60. The molecule has 0 unspecified atom stereocenters. The van der Waals surface area contributed by atoms with Gasteiger partial charge < -0.3 is 0 Å². The number of aliphatic imine (C=N–C) groups is 1. The van der Waals surface area contributed by atoms with Gasteiger partial charge in [0.25, 0.3) is 0 Å². The number of unbranched alkanes of at least 4 members (excludes halogenated alkanes) is 1. The van der Waals surface area contributed by atoms with E-state index in [1.165, 1.54) is 34.9 Å². The summed E-state index contributed by atoms with van der Waals surface area (Å²) < 4.78 is 0. The van der Waals surface area contributed by atoms with E-state index in [1.54, 1.807) is 0 Å². The van der Waals surface area contributed by atoms with Crippen molar-refractivity contribution in [2.24, 2.45) is 4.99 Å². The molecule has 1 aliphatic heterocycles. The summed E-state index contributed by atoms with van der Waals surface area (Å²) >= 11 is 1.92. The molecule has 1 nitrogen and oxygen atoms in total. The molecule has 0 fully saturated rings. The highest BCUT2D eigenvalue weighted by molar-refractivity contribution is 8.14. The van der Waals surface area contributed by atoms with Crippen LogP contribution in [0.25, 0.3) is 0 Å². The summed E-state index contributed by atoms with van der Waals surface area (Å²) in [6, 6.07) is 8.42. The van der Waals surface area contributed by atoms with E-state index in [2.05, 4.69) is 36.2 Å². The van der Waals surface area contributed by atoms with Crippen molar-refractivity contribution in [3.8, 4) is 0 Å². The summed E-state index contributed by atoms with van der Waals surface area (Å²) in [4.78, 5) is 4.60. The molecule has 0 amide bonds. The molecule has 0 radical (unpaired) electrons. The Hall–Kier alpha value is -0.760. The molecule has 14 heavy (non-hydrogen) atoms. The highest BCUT2D eigenvalue weighted by atomic mass is 32.2. The zero-order valence-electron chi connectivity index (χ0n) is 8.49. The predicted molar refractivity (Wildman–Crippen MR) is 64.6 cm³/mol. The highest BCUT2D eigenvalue weighted by Crippen LogP contribution is 2.29. The van der Waals surface area contributed by atoms with Gasteiger partial charge in [0.05, 0.1) is 10.7 Å². The van der Waals surface area contributed by atoms with Crippen molar-refractivity contribution in [2.45, 2.75) is 26.2 Å². The molecule has 1 aromatic rings. The second-order valence-corrected chi connectivity index (χ2v) is 4.68. The standard InChI is InChI=1S/C12H15NS/c1-2-3-8-14-12-9-10-6-4-5-7-11(10)13-12/h4-7H,2-3,8-9H2,1H3. The third-order valence-corrected chi connectivity index (χ3v) is 3.41. The van der Waals surface area contributed by atoms with Crippen LogP contribution in [0.3, 0.4) is 0 Å². The lowest BCUT2D eigenvalue weighted by Gasteiger charge is -1.97. The minimum atomic E-state index is 1.05. The van der Waals surface area contributed by atoms with Gasteiger partial charge in [-0.3, -0.25) is 0 Å². The van der Waals surface area contributed by atoms with Crippen LogP contribution in [0, 0.1) is 0 Å². The average molecular weight is 205 g/mol. The van der Waals surface area contributed by atoms with Gasteiger partial charge in [-0.2, -0.15) is 0 Å². The van der Waals surface area contributed by atoms with Gasteiger partial charge in [0.15, 0.2) is 0 Å². The van der Waals surface area contributed by atoms with Gasteiger partial charge in [0.2, 0.25) is 0 Å². The van der Waals surface area contributed by atoms with Crippen LogP contribution in [-0.2, 0) is 6.42 Å². The van der Waals surface area contributed by atoms with Gasteiger partial charge in [-0.1, -0.05) is 31.5 Å². The zero-order valence-corrected chi connectivity index (χ0v) is 9.31. The van der Waals surface area contributed by atoms with Crippen LogP contribution in [0.1, 0.15) is 25.3 Å². The van der Waals surface area contributed by atoms with Crippen LogP contribution < -0.4 is 0 Å². The number of fused-ring (bicyclic) bond motifs is 1. The van der Waals surface area contributed by atoms with Crippen molar-refractivity contribution in [1.82, 2.24) is 0 Å². The van der Waals surface area contributed by atoms with E-state index in [9.17, 15) is 0 Å². The highest BCUT2D eigenvalue weighted by Gasteiger charge is 2.13. The molecule has 0 saturated carbocycles. The van der Waals surface area contributed by atoms with Crippen LogP contribution in [0.15, 0.2) is 29.3 Å². The summed E-state index contributed by atoms with van der Waals surface area (Å²) in [7, 11) is 0. The first kappa shape index (κ1) is 9.78. The van der Waals surface area contributed by atoms with E-state index < -0.39 is 0 Å². The molecule has 2 rings (SSSR count). The Bertz CT molecular complexity index is 344. The van der Waals surface area contributed by atoms with Gasteiger partial charge >= 0.3 is 0 Å². The van der Waals surface area contributed by atoms with E-state index in [0.29, 0.717) is 0 Å². The number of para-hydroxylation sites is 1. The lowest BCUT2D eigenvalue weighted by Crippen LogP contribution is -1.93. The molecule has 1 aromatic carbocycles. The van der Waals surface area contributed by atoms with E-state index in [1.807, 2.05) is 11.8 Å². The third kappa shape index (κ3) is 2.18. The van der Waals surface area contributed by atoms with Crippen molar-refractivity contribution in [3.63, 3.8) is 0 Å². The second-order valence-electron chi connectivity index (χ2n) is 3.51. The fourth-order valence-electron chi connectivity index (χ4n) is 1.52. The topological polar surface area (TPSA) is 12.4 Å². The molecule has 0 bridgehead atoms.